The molecule has 18 heavy (non-hydrogen) atoms. The first-order valence-electron chi connectivity index (χ1n) is 6.68. The van der Waals surface area contributed by atoms with E-state index in [1.807, 2.05) is 18.2 Å². The monoisotopic (exact) mass is 245 g/mol. The van der Waals surface area contributed by atoms with Crippen LogP contribution < -0.4 is 5.48 Å². The molecule has 0 saturated carbocycles. The smallest absolute Gasteiger partial charge is 0.212 e. The number of likely N-dealkylation sites (tertiary alicyclic amines) is 1. The van der Waals surface area contributed by atoms with Crippen molar-refractivity contribution in [1.82, 2.24) is 10.4 Å². The van der Waals surface area contributed by atoms with Crippen LogP contribution in [0, 0.1) is 0 Å². The zero-order chi connectivity index (χ0) is 12.2. The van der Waals surface area contributed by atoms with Gasteiger partial charge in [0.15, 0.2) is 6.17 Å². The van der Waals surface area contributed by atoms with Crippen molar-refractivity contribution in [3.05, 3.63) is 35.9 Å². The quantitative estimate of drug-likeness (QED) is 0.882. The maximum Gasteiger partial charge on any atom is 0.212 e. The van der Waals surface area contributed by atoms with E-state index in [1.165, 1.54) is 25.9 Å². The molecule has 1 aromatic rings. The van der Waals surface area contributed by atoms with E-state index in [1.54, 1.807) is 0 Å². The summed E-state index contributed by atoms with van der Waals surface area (Å²) in [6, 6.07) is 10.2. The van der Waals surface area contributed by atoms with Gasteiger partial charge in [0.05, 0.1) is 0 Å². The van der Waals surface area contributed by atoms with Crippen molar-refractivity contribution in [3.8, 4) is 0 Å². The molecule has 0 radical (unpaired) electrons. The van der Waals surface area contributed by atoms with Gasteiger partial charge in [0.2, 0.25) is 5.90 Å². The van der Waals surface area contributed by atoms with E-state index >= 15 is 0 Å². The molecule has 0 aromatic heterocycles. The molecule has 0 amide bonds. The summed E-state index contributed by atoms with van der Waals surface area (Å²) in [6.07, 6.45) is 3.52. The number of hydrogen-bond acceptors (Lipinski definition) is 4. The van der Waals surface area contributed by atoms with Crippen LogP contribution in [-0.4, -0.2) is 30.4 Å². The van der Waals surface area contributed by atoms with Gasteiger partial charge < -0.3 is 9.74 Å². The first-order valence-corrected chi connectivity index (χ1v) is 6.68. The van der Waals surface area contributed by atoms with Crippen molar-refractivity contribution < 1.29 is 4.84 Å². The lowest BCUT2D eigenvalue weighted by Gasteiger charge is -2.12. The van der Waals surface area contributed by atoms with E-state index in [-0.39, 0.29) is 6.17 Å². The average molecular weight is 245 g/mol. The van der Waals surface area contributed by atoms with Crippen LogP contribution >= 0.6 is 0 Å². The van der Waals surface area contributed by atoms with Gasteiger partial charge in [-0.15, -0.1) is 5.48 Å². The van der Waals surface area contributed by atoms with Crippen molar-refractivity contribution >= 4 is 5.90 Å². The minimum absolute atomic E-state index is 0.0419. The minimum Gasteiger partial charge on any atom is -0.391 e. The summed E-state index contributed by atoms with van der Waals surface area (Å²) in [7, 11) is 0. The van der Waals surface area contributed by atoms with Crippen LogP contribution in [0.3, 0.4) is 0 Å². The van der Waals surface area contributed by atoms with Gasteiger partial charge in [0, 0.05) is 13.0 Å². The zero-order valence-corrected chi connectivity index (χ0v) is 10.5. The zero-order valence-electron chi connectivity index (χ0n) is 10.5. The van der Waals surface area contributed by atoms with Crippen LogP contribution in [0.25, 0.3) is 0 Å². The van der Waals surface area contributed by atoms with Gasteiger partial charge in [-0.05, 0) is 31.5 Å². The Bertz CT molecular complexity index is 412. The molecule has 0 unspecified atom stereocenters. The molecule has 2 heterocycles. The van der Waals surface area contributed by atoms with Crippen molar-refractivity contribution in [1.29, 1.82) is 0 Å². The number of rotatable bonds is 4. The van der Waals surface area contributed by atoms with Crippen LogP contribution in [0.2, 0.25) is 0 Å². The fourth-order valence-electron chi connectivity index (χ4n) is 2.47. The van der Waals surface area contributed by atoms with Crippen LogP contribution in [0.15, 0.2) is 35.3 Å². The highest BCUT2D eigenvalue weighted by molar-refractivity contribution is 5.77. The molecule has 0 bridgehead atoms. The Labute approximate surface area is 108 Å². The second-order valence-electron chi connectivity index (χ2n) is 4.85. The largest absolute Gasteiger partial charge is 0.391 e. The Morgan fingerprint density at radius 3 is 2.78 bits per heavy atom. The molecule has 1 saturated heterocycles. The number of hydroxylamine groups is 1. The molecule has 1 fully saturated rings. The first kappa shape index (κ1) is 11.7. The maximum atomic E-state index is 5.45. The maximum absolute atomic E-state index is 5.45. The third-order valence-corrected chi connectivity index (χ3v) is 3.52. The number of nitrogens with one attached hydrogen (secondary N) is 1. The van der Waals surface area contributed by atoms with Crippen molar-refractivity contribution in [2.24, 2.45) is 4.99 Å². The molecular formula is C14H19N3O. The van der Waals surface area contributed by atoms with Crippen molar-refractivity contribution in [2.75, 3.05) is 19.6 Å². The fraction of sp³-hybridized carbons (Fsp3) is 0.500. The summed E-state index contributed by atoms with van der Waals surface area (Å²) in [4.78, 5) is 12.5. The molecule has 2 aliphatic heterocycles. The standard InChI is InChI=1S/C14H19N3O/c1-2-6-12(7-3-1)14-15-13(18-16-14)8-11-17-9-4-5-10-17/h1-3,6-7,14,16H,4-5,8-11H2/t14-/m0/s1. The summed E-state index contributed by atoms with van der Waals surface area (Å²) < 4.78 is 0. The van der Waals surface area contributed by atoms with E-state index in [9.17, 15) is 0 Å². The van der Waals surface area contributed by atoms with Crippen LogP contribution in [0.1, 0.15) is 31.0 Å². The summed E-state index contributed by atoms with van der Waals surface area (Å²) in [5.41, 5.74) is 4.12. The highest BCUT2D eigenvalue weighted by atomic mass is 16.7. The van der Waals surface area contributed by atoms with Crippen LogP contribution in [-0.2, 0) is 4.84 Å². The lowest BCUT2D eigenvalue weighted by molar-refractivity contribution is 0.173. The molecule has 1 aromatic carbocycles. The molecule has 0 aliphatic carbocycles. The molecule has 96 valence electrons. The molecule has 1 N–H and O–H groups in total. The Kier molecular flexibility index (Phi) is 3.57. The van der Waals surface area contributed by atoms with Gasteiger partial charge in [-0.25, -0.2) is 4.99 Å². The highest BCUT2D eigenvalue weighted by Crippen LogP contribution is 2.19. The van der Waals surface area contributed by atoms with E-state index < -0.39 is 0 Å². The molecule has 4 nitrogen and oxygen atoms in total. The third kappa shape index (κ3) is 2.71. The lowest BCUT2D eigenvalue weighted by atomic mass is 10.2. The third-order valence-electron chi connectivity index (χ3n) is 3.52. The van der Waals surface area contributed by atoms with Gasteiger partial charge in [-0.2, -0.15) is 0 Å². The number of hydrogen-bond donors (Lipinski definition) is 1. The van der Waals surface area contributed by atoms with Crippen molar-refractivity contribution in [3.63, 3.8) is 0 Å². The van der Waals surface area contributed by atoms with Crippen molar-refractivity contribution in [2.45, 2.75) is 25.4 Å². The van der Waals surface area contributed by atoms with Gasteiger partial charge >= 0.3 is 0 Å². The summed E-state index contributed by atoms with van der Waals surface area (Å²) >= 11 is 0. The summed E-state index contributed by atoms with van der Waals surface area (Å²) in [5.74, 6) is 0.829. The highest BCUT2D eigenvalue weighted by Gasteiger charge is 2.20. The molecule has 3 rings (SSSR count). The van der Waals surface area contributed by atoms with E-state index in [0.29, 0.717) is 0 Å². The topological polar surface area (TPSA) is 36.9 Å². The Balaban J connectivity index is 1.55. The van der Waals surface area contributed by atoms with Crippen LogP contribution in [0.4, 0.5) is 0 Å². The number of nitrogens with zero attached hydrogens (tertiary/aromatic N) is 2. The fourth-order valence-corrected chi connectivity index (χ4v) is 2.47. The minimum atomic E-state index is -0.0419. The second kappa shape index (κ2) is 5.50. The van der Waals surface area contributed by atoms with E-state index in [2.05, 4.69) is 27.5 Å². The van der Waals surface area contributed by atoms with Crippen LogP contribution in [0.5, 0.6) is 0 Å². The van der Waals surface area contributed by atoms with Gasteiger partial charge in [0.25, 0.3) is 0 Å². The average Bonchev–Trinajstić information content (AvgIpc) is 3.09. The molecule has 2 aliphatic rings. The van der Waals surface area contributed by atoms with Gasteiger partial charge in [0.1, 0.15) is 0 Å². The van der Waals surface area contributed by atoms with E-state index in [0.717, 1.165) is 24.4 Å². The molecule has 0 spiro atoms. The Hall–Kier alpha value is -1.39. The first-order chi connectivity index (χ1) is 8.92. The molecular weight excluding hydrogens is 226 g/mol. The SMILES string of the molecule is c1ccc([C@H]2N=C(CCN3CCCC3)ON2)cc1. The lowest BCUT2D eigenvalue weighted by Crippen LogP contribution is -2.23. The predicted octanol–water partition coefficient (Wildman–Crippen LogP) is 2.10. The van der Waals surface area contributed by atoms with E-state index in [4.69, 9.17) is 4.84 Å². The normalized spacial score (nSPS) is 24.0. The molecule has 1 atom stereocenters. The summed E-state index contributed by atoms with van der Waals surface area (Å²) in [6.45, 7) is 3.51. The number of benzene rings is 1. The Morgan fingerprint density at radius 2 is 2.00 bits per heavy atom. The summed E-state index contributed by atoms with van der Waals surface area (Å²) in [5, 5.41) is 0. The van der Waals surface area contributed by atoms with Gasteiger partial charge in [-0.3, -0.25) is 0 Å². The predicted molar refractivity (Wildman–Crippen MR) is 71.1 cm³/mol. The molecule has 4 heteroatoms. The number of aliphatic imine (C=N–C) groups is 1. The Morgan fingerprint density at radius 1 is 1.22 bits per heavy atom. The second-order valence-corrected chi connectivity index (χ2v) is 4.85. The van der Waals surface area contributed by atoms with Gasteiger partial charge in [-0.1, -0.05) is 30.3 Å².